The van der Waals surface area contributed by atoms with Crippen molar-refractivity contribution in [1.82, 2.24) is 0 Å². The zero-order valence-electron chi connectivity index (χ0n) is 11.4. The number of allylic oxidation sites excluding steroid dienone is 2. The van der Waals surface area contributed by atoms with E-state index in [0.29, 0.717) is 5.92 Å². The maximum atomic E-state index is 10.3. The number of fused-ring (bicyclic) bond motifs is 1. The van der Waals surface area contributed by atoms with Gasteiger partial charge in [0.05, 0.1) is 12.2 Å². The Kier molecular flexibility index (Phi) is 3.39. The first-order chi connectivity index (χ1) is 7.90. The Balaban J connectivity index is 2.21. The van der Waals surface area contributed by atoms with E-state index in [1.807, 2.05) is 0 Å². The zero-order valence-corrected chi connectivity index (χ0v) is 11.4. The number of aliphatic hydroxyl groups excluding tert-OH is 1. The third-order valence-corrected chi connectivity index (χ3v) is 5.44. The first-order valence-electron chi connectivity index (χ1n) is 6.93. The van der Waals surface area contributed by atoms with Crippen molar-refractivity contribution in [2.75, 3.05) is 6.61 Å². The molecule has 2 heteroatoms. The molecule has 0 heterocycles. The van der Waals surface area contributed by atoms with Crippen molar-refractivity contribution in [1.29, 1.82) is 0 Å². The molecule has 98 valence electrons. The predicted octanol–water partition coefficient (Wildman–Crippen LogP) is 2.89. The molecule has 2 nitrogen and oxygen atoms in total. The van der Waals surface area contributed by atoms with Gasteiger partial charge in [-0.3, -0.25) is 0 Å². The Morgan fingerprint density at radius 3 is 2.82 bits per heavy atom. The van der Waals surface area contributed by atoms with Gasteiger partial charge in [-0.05, 0) is 56.3 Å². The van der Waals surface area contributed by atoms with Crippen LogP contribution in [0.4, 0.5) is 0 Å². The summed E-state index contributed by atoms with van der Waals surface area (Å²) in [6.07, 6.45) is 8.03. The van der Waals surface area contributed by atoms with E-state index >= 15 is 0 Å². The van der Waals surface area contributed by atoms with Crippen molar-refractivity contribution < 1.29 is 10.2 Å². The molecular formula is C15H26O2. The predicted molar refractivity (Wildman–Crippen MR) is 69.6 cm³/mol. The highest BCUT2D eigenvalue weighted by Crippen LogP contribution is 2.53. The Labute approximate surface area is 105 Å². The molecule has 2 rings (SSSR count). The van der Waals surface area contributed by atoms with Crippen LogP contribution in [0.25, 0.3) is 0 Å². The van der Waals surface area contributed by atoms with Gasteiger partial charge in [0.1, 0.15) is 0 Å². The minimum Gasteiger partial charge on any atom is -0.393 e. The van der Waals surface area contributed by atoms with Gasteiger partial charge in [0, 0.05) is 0 Å². The van der Waals surface area contributed by atoms with Gasteiger partial charge in [-0.1, -0.05) is 25.5 Å². The molecular weight excluding hydrogens is 212 g/mol. The highest BCUT2D eigenvalue weighted by Gasteiger charge is 2.46. The number of rotatable bonds is 2. The topological polar surface area (TPSA) is 40.5 Å². The van der Waals surface area contributed by atoms with Gasteiger partial charge in [-0.25, -0.2) is 0 Å². The molecule has 2 N–H and O–H groups in total. The van der Waals surface area contributed by atoms with Crippen molar-refractivity contribution in [2.24, 2.45) is 17.3 Å². The second-order valence-electron chi connectivity index (χ2n) is 6.58. The third-order valence-electron chi connectivity index (χ3n) is 5.44. The van der Waals surface area contributed by atoms with Crippen molar-refractivity contribution in [3.05, 3.63) is 11.6 Å². The van der Waals surface area contributed by atoms with Crippen LogP contribution in [0.5, 0.6) is 0 Å². The quantitative estimate of drug-likeness (QED) is 0.726. The summed E-state index contributed by atoms with van der Waals surface area (Å²) in [6.45, 7) is 6.34. The summed E-state index contributed by atoms with van der Waals surface area (Å²) in [6, 6.07) is 0. The van der Waals surface area contributed by atoms with Crippen molar-refractivity contribution in [3.63, 3.8) is 0 Å². The van der Waals surface area contributed by atoms with Gasteiger partial charge in [0.2, 0.25) is 0 Å². The second kappa shape index (κ2) is 4.40. The van der Waals surface area contributed by atoms with Crippen LogP contribution in [0.1, 0.15) is 52.9 Å². The molecule has 0 aromatic carbocycles. The highest BCUT2D eigenvalue weighted by molar-refractivity contribution is 5.21. The highest BCUT2D eigenvalue weighted by atomic mass is 16.3. The lowest BCUT2D eigenvalue weighted by Gasteiger charge is -2.50. The molecule has 0 aromatic heterocycles. The van der Waals surface area contributed by atoms with E-state index in [2.05, 4.69) is 19.9 Å². The SMILES string of the molecule is C[C@@H]1CCC=C2CCC(C(C)(O)CO)C[C@]21C. The van der Waals surface area contributed by atoms with Crippen LogP contribution in [0.2, 0.25) is 0 Å². The molecule has 2 aliphatic rings. The number of hydrogen-bond donors (Lipinski definition) is 2. The molecule has 0 spiro atoms. The zero-order chi connectivity index (χ0) is 12.7. The fourth-order valence-electron chi connectivity index (χ4n) is 3.70. The van der Waals surface area contributed by atoms with Crippen molar-refractivity contribution in [3.8, 4) is 0 Å². The van der Waals surface area contributed by atoms with E-state index in [-0.39, 0.29) is 17.9 Å². The molecule has 0 aliphatic heterocycles. The summed E-state index contributed by atoms with van der Waals surface area (Å²) in [5.74, 6) is 0.926. The summed E-state index contributed by atoms with van der Waals surface area (Å²) in [4.78, 5) is 0. The van der Waals surface area contributed by atoms with Crippen LogP contribution in [-0.4, -0.2) is 22.4 Å². The summed E-state index contributed by atoms with van der Waals surface area (Å²) in [5.41, 5.74) is 0.938. The van der Waals surface area contributed by atoms with Crippen LogP contribution in [0.3, 0.4) is 0 Å². The molecule has 17 heavy (non-hydrogen) atoms. The summed E-state index contributed by atoms with van der Waals surface area (Å²) in [7, 11) is 0. The first kappa shape index (κ1) is 13.1. The normalized spacial score (nSPS) is 41.4. The molecule has 1 fully saturated rings. The Hall–Kier alpha value is -0.340. The average molecular weight is 238 g/mol. The van der Waals surface area contributed by atoms with Gasteiger partial charge in [0.15, 0.2) is 0 Å². The molecule has 0 amide bonds. The Morgan fingerprint density at radius 2 is 2.18 bits per heavy atom. The minimum atomic E-state index is -0.911. The van der Waals surface area contributed by atoms with E-state index in [1.54, 1.807) is 12.5 Å². The maximum absolute atomic E-state index is 10.3. The van der Waals surface area contributed by atoms with Crippen LogP contribution >= 0.6 is 0 Å². The number of hydrogen-bond acceptors (Lipinski definition) is 2. The van der Waals surface area contributed by atoms with Crippen LogP contribution in [-0.2, 0) is 0 Å². The first-order valence-corrected chi connectivity index (χ1v) is 6.93. The molecule has 2 aliphatic carbocycles. The second-order valence-corrected chi connectivity index (χ2v) is 6.58. The molecule has 0 aromatic rings. The lowest BCUT2D eigenvalue weighted by atomic mass is 9.56. The summed E-state index contributed by atoms with van der Waals surface area (Å²) in [5, 5.41) is 19.6. The van der Waals surface area contributed by atoms with E-state index in [1.165, 1.54) is 12.8 Å². The monoisotopic (exact) mass is 238 g/mol. The van der Waals surface area contributed by atoms with Gasteiger partial charge in [-0.15, -0.1) is 0 Å². The minimum absolute atomic E-state index is 0.124. The van der Waals surface area contributed by atoms with Gasteiger partial charge in [0.25, 0.3) is 0 Å². The van der Waals surface area contributed by atoms with Gasteiger partial charge >= 0.3 is 0 Å². The van der Waals surface area contributed by atoms with Crippen LogP contribution < -0.4 is 0 Å². The molecule has 0 bridgehead atoms. The smallest absolute Gasteiger partial charge is 0.0877 e. The molecule has 4 atom stereocenters. The summed E-state index contributed by atoms with van der Waals surface area (Å²) < 4.78 is 0. The van der Waals surface area contributed by atoms with Crippen molar-refractivity contribution >= 4 is 0 Å². The molecule has 0 radical (unpaired) electrons. The lowest BCUT2D eigenvalue weighted by molar-refractivity contribution is -0.0729. The maximum Gasteiger partial charge on any atom is 0.0877 e. The van der Waals surface area contributed by atoms with E-state index in [0.717, 1.165) is 19.3 Å². The van der Waals surface area contributed by atoms with Crippen LogP contribution in [0.15, 0.2) is 11.6 Å². The number of aliphatic hydroxyl groups is 2. The Morgan fingerprint density at radius 1 is 1.47 bits per heavy atom. The fraction of sp³-hybridized carbons (Fsp3) is 0.867. The third kappa shape index (κ3) is 2.17. The van der Waals surface area contributed by atoms with E-state index < -0.39 is 5.60 Å². The summed E-state index contributed by atoms with van der Waals surface area (Å²) >= 11 is 0. The molecule has 0 saturated heterocycles. The lowest BCUT2D eigenvalue weighted by Crippen LogP contribution is -2.46. The Bertz CT molecular complexity index is 319. The average Bonchev–Trinajstić information content (AvgIpc) is 2.30. The van der Waals surface area contributed by atoms with Gasteiger partial charge in [-0.2, -0.15) is 0 Å². The fourth-order valence-corrected chi connectivity index (χ4v) is 3.70. The molecule has 2 unspecified atom stereocenters. The largest absolute Gasteiger partial charge is 0.393 e. The molecule has 1 saturated carbocycles. The van der Waals surface area contributed by atoms with Crippen molar-refractivity contribution in [2.45, 2.75) is 58.5 Å². The van der Waals surface area contributed by atoms with E-state index in [4.69, 9.17) is 0 Å². The van der Waals surface area contributed by atoms with Crippen LogP contribution in [0, 0.1) is 17.3 Å². The van der Waals surface area contributed by atoms with E-state index in [9.17, 15) is 10.2 Å². The standard InChI is InChI=1S/C15H26O2/c1-11-5-4-6-12-7-8-13(9-14(11,12)2)15(3,17)10-16/h6,11,13,16-17H,4-5,7-10H2,1-3H3/t11-,13?,14+,15?/m1/s1. The van der Waals surface area contributed by atoms with Gasteiger partial charge < -0.3 is 10.2 Å².